The lowest BCUT2D eigenvalue weighted by Gasteiger charge is -2.43. The summed E-state index contributed by atoms with van der Waals surface area (Å²) in [6, 6.07) is 6.04. The van der Waals surface area contributed by atoms with Crippen molar-refractivity contribution in [3.63, 3.8) is 0 Å². The molecule has 0 aromatic heterocycles. The van der Waals surface area contributed by atoms with Crippen molar-refractivity contribution in [2.24, 2.45) is 0 Å². The van der Waals surface area contributed by atoms with Crippen molar-refractivity contribution in [2.45, 2.75) is 70.1 Å². The Hall–Kier alpha value is -3.20. The molecule has 1 fully saturated rings. The third-order valence-electron chi connectivity index (χ3n) is 6.75. The molecule has 0 bridgehead atoms. The van der Waals surface area contributed by atoms with E-state index in [-0.39, 0.29) is 12.2 Å². The zero-order valence-electron chi connectivity index (χ0n) is 27.5. The van der Waals surface area contributed by atoms with Gasteiger partial charge >= 0.3 is 41.9 Å². The maximum atomic E-state index is 12.8. The fourth-order valence-corrected chi connectivity index (χ4v) is 7.43. The third kappa shape index (κ3) is 11.6. The zero-order chi connectivity index (χ0) is 39.1. The number of rotatable bonds is 12. The summed E-state index contributed by atoms with van der Waals surface area (Å²) in [4.78, 5) is 72.4. The molecular formula is C31H29F3I3NO14. The van der Waals surface area contributed by atoms with E-state index >= 15 is 0 Å². The van der Waals surface area contributed by atoms with E-state index in [4.69, 9.17) is 33.2 Å². The molecule has 1 amide bonds. The van der Waals surface area contributed by atoms with E-state index in [0.29, 0.717) is 27.8 Å². The van der Waals surface area contributed by atoms with Crippen molar-refractivity contribution >= 4 is 104 Å². The number of ether oxygens (including phenoxy) is 8. The van der Waals surface area contributed by atoms with E-state index in [1.807, 2.05) is 67.8 Å². The van der Waals surface area contributed by atoms with E-state index < -0.39 is 78.7 Å². The van der Waals surface area contributed by atoms with Gasteiger partial charge in [-0.05, 0) is 104 Å². The number of amides is 1. The molecule has 15 nitrogen and oxygen atoms in total. The number of esters is 5. The fourth-order valence-electron chi connectivity index (χ4n) is 4.70. The second kappa shape index (κ2) is 18.7. The van der Waals surface area contributed by atoms with Gasteiger partial charge < -0.3 is 43.2 Å². The van der Waals surface area contributed by atoms with E-state index in [9.17, 15) is 41.9 Å². The molecule has 1 aliphatic rings. The second-order valence-electron chi connectivity index (χ2n) is 10.6. The van der Waals surface area contributed by atoms with Crippen molar-refractivity contribution in [3.05, 3.63) is 46.6 Å². The summed E-state index contributed by atoms with van der Waals surface area (Å²) in [5.41, 5.74) is 0.403. The van der Waals surface area contributed by atoms with Gasteiger partial charge in [0, 0.05) is 27.2 Å². The SMILES string of the molecule is COC(=O)[C@H](Cc1cc(I)c(Oc2ccc(O[C@@H]3O[C@H](C(=O)OC)[C@@H](OC(C)=O)C(OC(C)=O)[C@H]3OC(C)=O)c(I)c2)c(I)c1)NC(=O)C(F)(F)F. The van der Waals surface area contributed by atoms with Crippen molar-refractivity contribution in [3.8, 4) is 17.2 Å². The molecule has 0 saturated carbocycles. The average molecular weight is 1080 g/mol. The summed E-state index contributed by atoms with van der Waals surface area (Å²) < 4.78 is 83.2. The Morgan fingerprint density at radius 1 is 0.808 bits per heavy atom. The van der Waals surface area contributed by atoms with Crippen molar-refractivity contribution in [1.82, 2.24) is 5.32 Å². The highest BCUT2D eigenvalue weighted by atomic mass is 127. The molecule has 1 aliphatic heterocycles. The van der Waals surface area contributed by atoms with E-state index in [0.717, 1.165) is 35.0 Å². The zero-order valence-corrected chi connectivity index (χ0v) is 34.0. The van der Waals surface area contributed by atoms with Gasteiger partial charge in [-0.3, -0.25) is 19.2 Å². The van der Waals surface area contributed by atoms with Gasteiger partial charge in [-0.1, -0.05) is 0 Å². The van der Waals surface area contributed by atoms with Crippen LogP contribution in [-0.4, -0.2) is 92.9 Å². The van der Waals surface area contributed by atoms with Gasteiger partial charge in [0.1, 0.15) is 17.5 Å². The first-order valence-electron chi connectivity index (χ1n) is 14.6. The predicted octanol–water partition coefficient (Wildman–Crippen LogP) is 4.13. The van der Waals surface area contributed by atoms with Crippen LogP contribution < -0.4 is 14.8 Å². The Balaban J connectivity index is 1.89. The Kier molecular flexibility index (Phi) is 15.5. The lowest BCUT2D eigenvalue weighted by Crippen LogP contribution is -2.64. The van der Waals surface area contributed by atoms with Crippen LogP contribution in [0, 0.1) is 10.7 Å². The molecule has 0 aliphatic carbocycles. The summed E-state index contributed by atoms with van der Waals surface area (Å²) in [5.74, 6) is -6.10. The Bertz CT molecular complexity index is 1690. The predicted molar refractivity (Wildman–Crippen MR) is 193 cm³/mol. The van der Waals surface area contributed by atoms with Crippen LogP contribution >= 0.6 is 67.8 Å². The molecule has 1 N–H and O–H groups in total. The summed E-state index contributed by atoms with van der Waals surface area (Å²) in [7, 11) is 2.04. The first-order valence-corrected chi connectivity index (χ1v) is 17.8. The van der Waals surface area contributed by atoms with E-state index in [1.54, 1.807) is 23.5 Å². The lowest BCUT2D eigenvalue weighted by atomic mass is 9.97. The number of nitrogens with one attached hydrogen (secondary N) is 1. The highest BCUT2D eigenvalue weighted by molar-refractivity contribution is 14.1. The molecule has 52 heavy (non-hydrogen) atoms. The largest absolute Gasteiger partial charge is 0.471 e. The number of alkyl halides is 3. The Labute approximate surface area is 334 Å². The molecule has 3 rings (SSSR count). The van der Waals surface area contributed by atoms with Crippen molar-refractivity contribution in [2.75, 3.05) is 14.2 Å². The van der Waals surface area contributed by atoms with Crippen LogP contribution in [0.1, 0.15) is 26.3 Å². The fraction of sp³-hybridized carbons (Fsp3) is 0.419. The van der Waals surface area contributed by atoms with E-state index in [1.165, 1.54) is 12.1 Å². The molecule has 1 saturated heterocycles. The highest BCUT2D eigenvalue weighted by Crippen LogP contribution is 2.37. The van der Waals surface area contributed by atoms with Gasteiger partial charge in [0.2, 0.25) is 12.4 Å². The molecule has 21 heteroatoms. The number of methoxy groups -OCH3 is 2. The minimum absolute atomic E-state index is 0.140. The van der Waals surface area contributed by atoms with Crippen molar-refractivity contribution in [1.29, 1.82) is 0 Å². The van der Waals surface area contributed by atoms with Gasteiger partial charge in [-0.25, -0.2) is 9.59 Å². The monoisotopic (exact) mass is 1080 g/mol. The van der Waals surface area contributed by atoms with Crippen molar-refractivity contribution < 1.29 is 79.8 Å². The van der Waals surface area contributed by atoms with Crippen LogP contribution in [-0.2, 0) is 63.6 Å². The first-order chi connectivity index (χ1) is 24.2. The van der Waals surface area contributed by atoms with Crippen LogP contribution in [0.15, 0.2) is 30.3 Å². The number of benzene rings is 2. The molecular weight excluding hydrogens is 1050 g/mol. The summed E-state index contributed by atoms with van der Waals surface area (Å²) >= 11 is 5.79. The lowest BCUT2D eigenvalue weighted by molar-refractivity contribution is -0.282. The van der Waals surface area contributed by atoms with Gasteiger partial charge in [0.25, 0.3) is 0 Å². The quantitative estimate of drug-likeness (QED) is 0.182. The minimum atomic E-state index is -5.20. The van der Waals surface area contributed by atoms with Crippen LogP contribution in [0.5, 0.6) is 17.2 Å². The van der Waals surface area contributed by atoms with Crippen LogP contribution in [0.2, 0.25) is 0 Å². The number of carbonyl (C=O) groups excluding carboxylic acids is 6. The molecule has 0 radical (unpaired) electrons. The van der Waals surface area contributed by atoms with Crippen LogP contribution in [0.4, 0.5) is 13.2 Å². The smallest absolute Gasteiger partial charge is 0.467 e. The molecule has 0 spiro atoms. The standard InChI is InChI=1S/C31H29F3I3NO14/c1-12(39)47-23-24(48-13(2)40)26(49-14(3)41)29(52-25(23)28(43)46-5)51-21-7-6-16(11-17(21)35)50-22-18(36)8-15(9-19(22)37)10-20(27(42)45-4)38-30(44)31(32,33)34/h6-9,11,20,23-26,29H,10H2,1-5H3,(H,38,44)/t20-,23-,24?,25-,26+,29+/m0/s1. The maximum Gasteiger partial charge on any atom is 0.471 e. The first kappa shape index (κ1) is 43.2. The number of halogens is 6. The van der Waals surface area contributed by atoms with Gasteiger partial charge in [0.15, 0.2) is 24.1 Å². The number of hydrogen-bond acceptors (Lipinski definition) is 14. The summed E-state index contributed by atoms with van der Waals surface area (Å²) in [6.45, 7) is 3.18. The van der Waals surface area contributed by atoms with Gasteiger partial charge in [-0.15, -0.1) is 0 Å². The van der Waals surface area contributed by atoms with Crippen LogP contribution in [0.3, 0.4) is 0 Å². The highest BCUT2D eigenvalue weighted by Gasteiger charge is 2.56. The second-order valence-corrected chi connectivity index (χ2v) is 14.1. The molecule has 1 unspecified atom stereocenters. The third-order valence-corrected chi connectivity index (χ3v) is 9.19. The summed E-state index contributed by atoms with van der Waals surface area (Å²) in [5, 5.41) is 1.65. The summed E-state index contributed by atoms with van der Waals surface area (Å²) in [6.07, 6.45) is -13.4. The topological polar surface area (TPSA) is 188 Å². The maximum absolute atomic E-state index is 12.8. The molecule has 284 valence electrons. The van der Waals surface area contributed by atoms with E-state index in [2.05, 4.69) is 4.74 Å². The Morgan fingerprint density at radius 3 is 1.87 bits per heavy atom. The number of hydrogen-bond donors (Lipinski definition) is 1. The number of carbonyl (C=O) groups is 6. The minimum Gasteiger partial charge on any atom is -0.467 e. The molecule has 2 aromatic rings. The van der Waals surface area contributed by atoms with Gasteiger partial charge in [0.05, 0.1) is 24.9 Å². The van der Waals surface area contributed by atoms with Gasteiger partial charge in [-0.2, -0.15) is 13.2 Å². The molecule has 6 atom stereocenters. The molecule has 1 heterocycles. The van der Waals surface area contributed by atoms with Crippen LogP contribution in [0.25, 0.3) is 0 Å². The normalized spacial score (nSPS) is 20.4. The average Bonchev–Trinajstić information content (AvgIpc) is 3.04. The molecule has 2 aromatic carbocycles. The Morgan fingerprint density at radius 2 is 1.37 bits per heavy atom.